The number of carboxylic acid groups (broad SMARTS) is 1. The van der Waals surface area contributed by atoms with Crippen LogP contribution in [0.15, 0.2) is 12.7 Å². The van der Waals surface area contributed by atoms with Crippen molar-refractivity contribution in [2.75, 3.05) is 6.54 Å². The van der Waals surface area contributed by atoms with Crippen molar-refractivity contribution >= 4 is 12.1 Å². The van der Waals surface area contributed by atoms with Crippen LogP contribution in [0, 0.1) is 0 Å². The number of nitrogens with one attached hydrogen (secondary N) is 1. The molecular weight excluding hydrogens is 178 g/mol. The van der Waals surface area contributed by atoms with Crippen LogP contribution in [0.4, 0.5) is 4.79 Å². The first-order valence-electron chi connectivity index (χ1n) is 3.53. The fraction of sp³-hybridized carbons (Fsp3) is 0.429. The van der Waals surface area contributed by atoms with Gasteiger partial charge >= 0.3 is 12.1 Å². The summed E-state index contributed by atoms with van der Waals surface area (Å²) >= 11 is 0. The number of carbonyl (C=O) groups excluding carboxylic acids is 1. The average Bonchev–Trinajstić information content (AvgIpc) is 2.15. The number of rotatable bonds is 3. The van der Waals surface area contributed by atoms with Crippen LogP contribution in [0.25, 0.3) is 0 Å². The molecule has 0 spiro atoms. The van der Waals surface area contributed by atoms with Crippen LogP contribution in [0.1, 0.15) is 13.3 Å². The molecule has 0 saturated carbocycles. The van der Waals surface area contributed by atoms with Gasteiger partial charge in [0.1, 0.15) is 0 Å². The van der Waals surface area contributed by atoms with E-state index < -0.39 is 12.1 Å². The van der Waals surface area contributed by atoms with Crippen molar-refractivity contribution in [2.24, 2.45) is 0 Å². The minimum Gasteiger partial charge on any atom is -0.478 e. The fourth-order valence-corrected chi connectivity index (χ4v) is 0.259. The minimum absolute atomic E-state index is 0.527. The molecule has 0 unspecified atom stereocenters. The van der Waals surface area contributed by atoms with Crippen molar-refractivity contribution in [2.45, 2.75) is 13.3 Å². The topological polar surface area (TPSA) is 95.9 Å². The molecule has 0 fully saturated rings. The van der Waals surface area contributed by atoms with E-state index in [1.807, 2.05) is 6.92 Å². The summed E-state index contributed by atoms with van der Waals surface area (Å²) in [6, 6.07) is 0. The van der Waals surface area contributed by atoms with Gasteiger partial charge in [0.2, 0.25) is 0 Å². The molecule has 76 valence electrons. The standard InChI is InChI=1S/C4H9NO3.C3H4O2/c1-2-3-5-4(6)8-7;1-2-3(4)5/h7H,2-3H2,1H3,(H,5,6);2H,1H2,(H,4,5). The number of aliphatic carboxylic acids is 1. The van der Waals surface area contributed by atoms with Crippen molar-refractivity contribution in [1.82, 2.24) is 5.32 Å². The molecule has 0 rings (SSSR count). The van der Waals surface area contributed by atoms with E-state index in [9.17, 15) is 9.59 Å². The molecule has 1 amide bonds. The van der Waals surface area contributed by atoms with E-state index in [4.69, 9.17) is 10.4 Å². The van der Waals surface area contributed by atoms with Gasteiger partial charge in [-0.05, 0) is 6.42 Å². The van der Waals surface area contributed by atoms with Crippen molar-refractivity contribution in [1.29, 1.82) is 0 Å². The lowest BCUT2D eigenvalue weighted by Crippen LogP contribution is -2.23. The Bertz CT molecular complexity index is 168. The maximum absolute atomic E-state index is 9.99. The first-order chi connectivity index (χ1) is 6.08. The van der Waals surface area contributed by atoms with E-state index in [1.165, 1.54) is 0 Å². The summed E-state index contributed by atoms with van der Waals surface area (Å²) in [5.74, 6) is -0.981. The maximum Gasteiger partial charge on any atom is 0.438 e. The molecule has 0 radical (unpaired) electrons. The quantitative estimate of drug-likeness (QED) is 0.349. The Hall–Kier alpha value is -1.56. The second-order valence-electron chi connectivity index (χ2n) is 1.85. The van der Waals surface area contributed by atoms with Gasteiger partial charge in [0.15, 0.2) is 0 Å². The molecule has 0 aliphatic carbocycles. The fourth-order valence-electron chi connectivity index (χ4n) is 0.259. The van der Waals surface area contributed by atoms with Crippen LogP contribution in [0.2, 0.25) is 0 Å². The van der Waals surface area contributed by atoms with Crippen molar-refractivity contribution in [3.05, 3.63) is 12.7 Å². The number of carbonyl (C=O) groups is 2. The second kappa shape index (κ2) is 10.4. The Morgan fingerprint density at radius 1 is 1.62 bits per heavy atom. The molecule has 0 heterocycles. The third kappa shape index (κ3) is 17.9. The summed E-state index contributed by atoms with van der Waals surface area (Å²) < 4.78 is 0. The molecule has 0 atom stereocenters. The third-order valence-corrected chi connectivity index (χ3v) is 0.777. The lowest BCUT2D eigenvalue weighted by Gasteiger charge is -1.95. The summed E-state index contributed by atoms with van der Waals surface area (Å²) in [5, 5.41) is 17.5. The molecule has 6 heteroatoms. The van der Waals surface area contributed by atoms with Crippen LogP contribution in [0.3, 0.4) is 0 Å². The summed E-state index contributed by atoms with van der Waals surface area (Å²) in [4.78, 5) is 22.5. The lowest BCUT2D eigenvalue weighted by atomic mass is 10.5. The molecule has 13 heavy (non-hydrogen) atoms. The summed E-state index contributed by atoms with van der Waals surface area (Å²) in [7, 11) is 0. The molecule has 0 aliphatic rings. The molecule has 0 aromatic heterocycles. The van der Waals surface area contributed by atoms with E-state index in [0.29, 0.717) is 6.54 Å². The molecule has 3 N–H and O–H groups in total. The van der Waals surface area contributed by atoms with Gasteiger partial charge in [-0.15, -0.1) is 0 Å². The molecule has 6 nitrogen and oxygen atoms in total. The molecular formula is C7H13NO5. The van der Waals surface area contributed by atoms with Gasteiger partial charge in [-0.1, -0.05) is 13.5 Å². The predicted octanol–water partition coefficient (Wildman–Crippen LogP) is 0.853. The largest absolute Gasteiger partial charge is 0.478 e. The lowest BCUT2D eigenvalue weighted by molar-refractivity contribution is -0.177. The highest BCUT2D eigenvalue weighted by molar-refractivity contribution is 5.78. The van der Waals surface area contributed by atoms with E-state index in [-0.39, 0.29) is 0 Å². The first kappa shape index (κ1) is 14.0. The smallest absolute Gasteiger partial charge is 0.438 e. The molecule has 0 saturated heterocycles. The maximum atomic E-state index is 9.99. The highest BCUT2D eigenvalue weighted by Gasteiger charge is 1.94. The Balaban J connectivity index is 0. The minimum atomic E-state index is -0.981. The van der Waals surface area contributed by atoms with Crippen LogP contribution >= 0.6 is 0 Å². The summed E-state index contributed by atoms with van der Waals surface area (Å²) in [6.45, 7) is 5.39. The number of hydrogen-bond acceptors (Lipinski definition) is 4. The molecule has 0 aromatic carbocycles. The zero-order chi connectivity index (χ0) is 10.7. The SMILES string of the molecule is C=CC(=O)O.CCCNC(=O)OO. The molecule has 0 aromatic rings. The second-order valence-corrected chi connectivity index (χ2v) is 1.85. The van der Waals surface area contributed by atoms with Gasteiger partial charge in [-0.3, -0.25) is 4.89 Å². The monoisotopic (exact) mass is 191 g/mol. The number of amides is 1. The van der Waals surface area contributed by atoms with Gasteiger partial charge in [-0.2, -0.15) is 5.26 Å². The van der Waals surface area contributed by atoms with E-state index in [2.05, 4.69) is 16.8 Å². The Morgan fingerprint density at radius 3 is 2.31 bits per heavy atom. The predicted molar refractivity (Wildman–Crippen MR) is 45.2 cm³/mol. The van der Waals surface area contributed by atoms with Crippen molar-refractivity contribution in [3.8, 4) is 0 Å². The van der Waals surface area contributed by atoms with E-state index in [0.717, 1.165) is 12.5 Å². The van der Waals surface area contributed by atoms with Crippen molar-refractivity contribution < 1.29 is 24.8 Å². The van der Waals surface area contributed by atoms with Gasteiger partial charge in [-0.25, -0.2) is 9.59 Å². The van der Waals surface area contributed by atoms with Gasteiger partial charge in [0.25, 0.3) is 0 Å². The van der Waals surface area contributed by atoms with Crippen molar-refractivity contribution in [3.63, 3.8) is 0 Å². The van der Waals surface area contributed by atoms with Gasteiger partial charge in [0, 0.05) is 12.6 Å². The first-order valence-corrected chi connectivity index (χ1v) is 3.53. The third-order valence-electron chi connectivity index (χ3n) is 0.777. The molecule has 0 bridgehead atoms. The number of carboxylic acids is 1. The van der Waals surface area contributed by atoms with Gasteiger partial charge in [0.05, 0.1) is 0 Å². The number of hydrogen-bond donors (Lipinski definition) is 3. The summed E-state index contributed by atoms with van der Waals surface area (Å²) in [5.41, 5.74) is 0. The van der Waals surface area contributed by atoms with Crippen LogP contribution in [-0.2, 0) is 9.68 Å². The van der Waals surface area contributed by atoms with E-state index in [1.54, 1.807) is 0 Å². The average molecular weight is 191 g/mol. The zero-order valence-corrected chi connectivity index (χ0v) is 7.32. The Labute approximate surface area is 75.7 Å². The van der Waals surface area contributed by atoms with E-state index >= 15 is 0 Å². The van der Waals surface area contributed by atoms with Crippen LogP contribution in [0.5, 0.6) is 0 Å². The van der Waals surface area contributed by atoms with Gasteiger partial charge < -0.3 is 10.4 Å². The highest BCUT2D eigenvalue weighted by atomic mass is 17.1. The normalized spacial score (nSPS) is 7.54. The Morgan fingerprint density at radius 2 is 2.08 bits per heavy atom. The summed E-state index contributed by atoms with van der Waals surface area (Å²) in [6.07, 6.45) is 0.863. The van der Waals surface area contributed by atoms with Crippen LogP contribution in [-0.4, -0.2) is 29.0 Å². The molecule has 0 aliphatic heterocycles. The highest BCUT2D eigenvalue weighted by Crippen LogP contribution is 1.72. The Kier molecular flexibility index (Phi) is 11.2. The van der Waals surface area contributed by atoms with Crippen LogP contribution < -0.4 is 5.32 Å². The zero-order valence-electron chi connectivity index (χ0n) is 7.32.